The van der Waals surface area contributed by atoms with E-state index in [0.29, 0.717) is 12.0 Å². The molecule has 0 saturated carbocycles. The van der Waals surface area contributed by atoms with Crippen molar-refractivity contribution in [3.05, 3.63) is 33.3 Å². The third-order valence-corrected chi connectivity index (χ3v) is 4.93. The Kier molecular flexibility index (Phi) is 3.45. The summed E-state index contributed by atoms with van der Waals surface area (Å²) in [5.41, 5.74) is 2.73. The van der Waals surface area contributed by atoms with Crippen molar-refractivity contribution >= 4 is 28.0 Å². The zero-order valence-electron chi connectivity index (χ0n) is 10.9. The van der Waals surface area contributed by atoms with E-state index in [9.17, 15) is 9.59 Å². The van der Waals surface area contributed by atoms with Gasteiger partial charge in [-0.25, -0.2) is 0 Å². The van der Waals surface area contributed by atoms with Crippen LogP contribution in [0.5, 0.6) is 0 Å². The van der Waals surface area contributed by atoms with E-state index in [1.165, 1.54) is 5.56 Å². The van der Waals surface area contributed by atoms with E-state index in [4.69, 9.17) is 0 Å². The summed E-state index contributed by atoms with van der Waals surface area (Å²) in [6.07, 6.45) is 2.34. The summed E-state index contributed by atoms with van der Waals surface area (Å²) in [5.74, 6) is 0.164. The second-order valence-corrected chi connectivity index (χ2v) is 6.21. The van der Waals surface area contributed by atoms with Gasteiger partial charge in [0, 0.05) is 22.4 Å². The van der Waals surface area contributed by atoms with Crippen LogP contribution in [0.2, 0.25) is 0 Å². The molecule has 0 N–H and O–H groups in total. The van der Waals surface area contributed by atoms with E-state index < -0.39 is 0 Å². The standard InChI is InChI=1S/C15H17BrO2/c1-4-15(3)7-14(18)9(2)11-5-10(8-17)13(16)6-12(11)15/h5-6,8-9H,4,7H2,1-3H3. The lowest BCUT2D eigenvalue weighted by Gasteiger charge is -2.37. The van der Waals surface area contributed by atoms with Crippen LogP contribution in [0.4, 0.5) is 0 Å². The van der Waals surface area contributed by atoms with Gasteiger partial charge in [0.1, 0.15) is 5.78 Å². The third kappa shape index (κ3) is 1.95. The second kappa shape index (κ2) is 4.61. The number of aldehydes is 1. The minimum absolute atomic E-state index is 0.105. The summed E-state index contributed by atoms with van der Waals surface area (Å²) in [7, 11) is 0. The molecule has 2 rings (SSSR count). The maximum atomic E-state index is 12.1. The number of fused-ring (bicyclic) bond motifs is 1. The van der Waals surface area contributed by atoms with Crippen molar-refractivity contribution in [1.82, 2.24) is 0 Å². The number of carbonyl (C=O) groups excluding carboxylic acids is 2. The van der Waals surface area contributed by atoms with Crippen LogP contribution in [0.3, 0.4) is 0 Å². The Morgan fingerprint density at radius 3 is 2.72 bits per heavy atom. The van der Waals surface area contributed by atoms with E-state index in [2.05, 4.69) is 29.8 Å². The van der Waals surface area contributed by atoms with Gasteiger partial charge in [0.15, 0.2) is 6.29 Å². The average molecular weight is 309 g/mol. The van der Waals surface area contributed by atoms with E-state index in [1.54, 1.807) is 0 Å². The van der Waals surface area contributed by atoms with Gasteiger partial charge >= 0.3 is 0 Å². The largest absolute Gasteiger partial charge is 0.299 e. The first kappa shape index (κ1) is 13.5. The quantitative estimate of drug-likeness (QED) is 0.774. The zero-order chi connectivity index (χ0) is 13.5. The van der Waals surface area contributed by atoms with Crippen LogP contribution in [-0.2, 0) is 10.2 Å². The van der Waals surface area contributed by atoms with Gasteiger partial charge in [-0.15, -0.1) is 0 Å². The number of rotatable bonds is 2. The molecule has 2 atom stereocenters. The number of hydrogen-bond acceptors (Lipinski definition) is 2. The minimum Gasteiger partial charge on any atom is -0.299 e. The van der Waals surface area contributed by atoms with Gasteiger partial charge in [0.05, 0.1) is 0 Å². The molecule has 96 valence electrons. The Morgan fingerprint density at radius 2 is 2.17 bits per heavy atom. The lowest BCUT2D eigenvalue weighted by Crippen LogP contribution is -2.34. The van der Waals surface area contributed by atoms with Crippen molar-refractivity contribution in [3.63, 3.8) is 0 Å². The van der Waals surface area contributed by atoms with Crippen LogP contribution in [0.1, 0.15) is 61.0 Å². The van der Waals surface area contributed by atoms with Crippen LogP contribution in [0, 0.1) is 0 Å². The van der Waals surface area contributed by atoms with Gasteiger partial charge in [-0.1, -0.05) is 36.7 Å². The molecule has 1 aromatic carbocycles. The molecule has 0 fully saturated rings. The Hall–Kier alpha value is -0.960. The van der Waals surface area contributed by atoms with Crippen LogP contribution in [0.25, 0.3) is 0 Å². The van der Waals surface area contributed by atoms with Crippen molar-refractivity contribution in [2.45, 2.75) is 44.9 Å². The molecule has 2 nitrogen and oxygen atoms in total. The van der Waals surface area contributed by atoms with Crippen molar-refractivity contribution in [2.24, 2.45) is 0 Å². The summed E-state index contributed by atoms with van der Waals surface area (Å²) in [4.78, 5) is 23.1. The maximum Gasteiger partial charge on any atom is 0.151 e. The highest BCUT2D eigenvalue weighted by molar-refractivity contribution is 9.10. The van der Waals surface area contributed by atoms with E-state index in [1.807, 2.05) is 19.1 Å². The van der Waals surface area contributed by atoms with Crippen LogP contribution in [-0.4, -0.2) is 12.1 Å². The molecule has 0 saturated heterocycles. The summed E-state index contributed by atoms with van der Waals surface area (Å²) in [6.45, 7) is 6.16. The molecule has 0 radical (unpaired) electrons. The lowest BCUT2D eigenvalue weighted by molar-refractivity contribution is -0.122. The Morgan fingerprint density at radius 1 is 1.50 bits per heavy atom. The molecule has 2 unspecified atom stereocenters. The Bertz CT molecular complexity index is 521. The van der Waals surface area contributed by atoms with E-state index >= 15 is 0 Å². The number of hydrogen-bond donors (Lipinski definition) is 0. The smallest absolute Gasteiger partial charge is 0.151 e. The van der Waals surface area contributed by atoms with E-state index in [0.717, 1.165) is 22.7 Å². The molecule has 0 aliphatic heterocycles. The predicted octanol–water partition coefficient (Wildman–Crippen LogP) is 4.01. The third-order valence-electron chi connectivity index (χ3n) is 4.24. The van der Waals surface area contributed by atoms with Gasteiger partial charge in [0.25, 0.3) is 0 Å². The molecule has 0 amide bonds. The van der Waals surface area contributed by atoms with Gasteiger partial charge in [-0.05, 0) is 35.1 Å². The molecule has 3 heteroatoms. The normalized spacial score (nSPS) is 26.9. The van der Waals surface area contributed by atoms with Gasteiger partial charge < -0.3 is 0 Å². The molecule has 18 heavy (non-hydrogen) atoms. The van der Waals surface area contributed by atoms with Crippen molar-refractivity contribution in [3.8, 4) is 0 Å². The first-order valence-corrected chi connectivity index (χ1v) is 7.04. The molecule has 0 heterocycles. The molecular formula is C15H17BrO2. The summed E-state index contributed by atoms with van der Waals surface area (Å²) in [6, 6.07) is 3.88. The van der Waals surface area contributed by atoms with Crippen LogP contribution < -0.4 is 0 Å². The molecule has 1 aromatic rings. The minimum atomic E-state index is -0.108. The average Bonchev–Trinajstić information content (AvgIpc) is 2.36. The number of ketones is 1. The van der Waals surface area contributed by atoms with Gasteiger partial charge in [0.2, 0.25) is 0 Å². The zero-order valence-corrected chi connectivity index (χ0v) is 12.5. The number of benzene rings is 1. The summed E-state index contributed by atoms with van der Waals surface area (Å²) >= 11 is 3.44. The highest BCUT2D eigenvalue weighted by atomic mass is 79.9. The molecule has 1 aliphatic carbocycles. The summed E-state index contributed by atoms with van der Waals surface area (Å²) < 4.78 is 0.817. The Balaban J connectivity index is 2.70. The molecular weight excluding hydrogens is 292 g/mol. The highest BCUT2D eigenvalue weighted by Crippen LogP contribution is 2.44. The van der Waals surface area contributed by atoms with Crippen LogP contribution in [0.15, 0.2) is 16.6 Å². The van der Waals surface area contributed by atoms with Crippen LogP contribution >= 0.6 is 15.9 Å². The Labute approximate surface area is 116 Å². The fraction of sp³-hybridized carbons (Fsp3) is 0.467. The fourth-order valence-electron chi connectivity index (χ4n) is 2.70. The van der Waals surface area contributed by atoms with E-state index in [-0.39, 0.29) is 17.1 Å². The molecule has 0 bridgehead atoms. The van der Waals surface area contributed by atoms with Crippen molar-refractivity contribution < 1.29 is 9.59 Å². The highest BCUT2D eigenvalue weighted by Gasteiger charge is 2.38. The monoisotopic (exact) mass is 308 g/mol. The fourth-order valence-corrected chi connectivity index (χ4v) is 3.14. The van der Waals surface area contributed by atoms with Crippen molar-refractivity contribution in [1.29, 1.82) is 0 Å². The lowest BCUT2D eigenvalue weighted by atomic mass is 9.66. The second-order valence-electron chi connectivity index (χ2n) is 5.36. The number of Topliss-reactive ketones (excluding diaryl/α,β-unsaturated/α-hetero) is 1. The van der Waals surface area contributed by atoms with Gasteiger partial charge in [-0.3, -0.25) is 9.59 Å². The number of carbonyl (C=O) groups is 2. The summed E-state index contributed by atoms with van der Waals surface area (Å²) in [5, 5.41) is 0. The molecule has 1 aliphatic rings. The maximum absolute atomic E-state index is 12.1. The van der Waals surface area contributed by atoms with Gasteiger partial charge in [-0.2, -0.15) is 0 Å². The van der Waals surface area contributed by atoms with Crippen molar-refractivity contribution in [2.75, 3.05) is 0 Å². The SMILES string of the molecule is CCC1(C)CC(=O)C(C)c2cc(C=O)c(Br)cc21. The first-order chi connectivity index (χ1) is 8.42. The molecule has 0 spiro atoms. The first-order valence-electron chi connectivity index (χ1n) is 6.24. The number of halogens is 1. The topological polar surface area (TPSA) is 34.1 Å². The molecule has 0 aromatic heterocycles. The predicted molar refractivity (Wildman–Crippen MR) is 75.2 cm³/mol.